The Bertz CT molecular complexity index is 835. The van der Waals surface area contributed by atoms with Gasteiger partial charge in [0.15, 0.2) is 5.58 Å². The lowest BCUT2D eigenvalue weighted by molar-refractivity contribution is 0.0602. The zero-order valence-corrected chi connectivity index (χ0v) is 13.4. The van der Waals surface area contributed by atoms with Gasteiger partial charge in [-0.05, 0) is 43.9 Å². The Hall–Kier alpha value is -2.66. The van der Waals surface area contributed by atoms with Crippen LogP contribution in [0.3, 0.4) is 0 Å². The van der Waals surface area contributed by atoms with Crippen LogP contribution in [0.1, 0.15) is 15.9 Å². The van der Waals surface area contributed by atoms with Crippen molar-refractivity contribution in [2.24, 2.45) is 0 Å². The van der Waals surface area contributed by atoms with Gasteiger partial charge in [0.05, 0.1) is 12.7 Å². The lowest BCUT2D eigenvalue weighted by Crippen LogP contribution is -2.10. The van der Waals surface area contributed by atoms with Crippen molar-refractivity contribution in [3.63, 3.8) is 0 Å². The number of aromatic nitrogens is 1. The maximum absolute atomic E-state index is 11.8. The molecule has 1 heterocycles. The molecule has 1 aromatic heterocycles. The van der Waals surface area contributed by atoms with Gasteiger partial charge in [0, 0.05) is 12.1 Å². The third kappa shape index (κ3) is 3.10. The molecule has 0 atom stereocenters. The molecule has 0 aliphatic heterocycles. The van der Waals surface area contributed by atoms with Gasteiger partial charge >= 0.3 is 5.97 Å². The summed E-state index contributed by atoms with van der Waals surface area (Å²) in [5, 5.41) is 0. The Kier molecular flexibility index (Phi) is 4.12. The first-order valence-electron chi connectivity index (χ1n) is 7.30. The number of nitrogens with zero attached hydrogens (tertiary/aromatic N) is 2. The summed E-state index contributed by atoms with van der Waals surface area (Å²) in [5.41, 5.74) is 3.58. The molecule has 118 valence electrons. The number of rotatable bonds is 4. The van der Waals surface area contributed by atoms with Gasteiger partial charge in [-0.1, -0.05) is 18.2 Å². The largest absolute Gasteiger partial charge is 0.465 e. The van der Waals surface area contributed by atoms with Crippen LogP contribution in [0.4, 0.5) is 0 Å². The number of hydrogen-bond donors (Lipinski definition) is 0. The molecule has 0 radical (unpaired) electrons. The van der Waals surface area contributed by atoms with Crippen LogP contribution in [-0.4, -0.2) is 37.1 Å². The molecular formula is C18H18N2O3. The van der Waals surface area contributed by atoms with E-state index >= 15 is 0 Å². The molecule has 3 rings (SSSR count). The monoisotopic (exact) mass is 310 g/mol. The molecule has 23 heavy (non-hydrogen) atoms. The van der Waals surface area contributed by atoms with E-state index in [1.807, 2.05) is 38.4 Å². The second-order valence-corrected chi connectivity index (χ2v) is 5.60. The molecule has 0 bridgehead atoms. The van der Waals surface area contributed by atoms with E-state index in [-0.39, 0.29) is 0 Å². The number of ether oxygens (including phenoxy) is 1. The fourth-order valence-electron chi connectivity index (χ4n) is 2.46. The lowest BCUT2D eigenvalue weighted by Gasteiger charge is -2.09. The topological polar surface area (TPSA) is 55.6 Å². The van der Waals surface area contributed by atoms with Gasteiger partial charge in [0.2, 0.25) is 5.89 Å². The van der Waals surface area contributed by atoms with Crippen LogP contribution in [0.2, 0.25) is 0 Å². The van der Waals surface area contributed by atoms with Crippen molar-refractivity contribution in [2.75, 3.05) is 21.2 Å². The van der Waals surface area contributed by atoms with Crippen molar-refractivity contribution in [3.05, 3.63) is 53.6 Å². The Balaban J connectivity index is 1.99. The van der Waals surface area contributed by atoms with E-state index in [9.17, 15) is 4.79 Å². The Morgan fingerprint density at radius 1 is 1.17 bits per heavy atom. The number of esters is 1. The third-order valence-corrected chi connectivity index (χ3v) is 3.52. The normalized spacial score (nSPS) is 11.1. The highest BCUT2D eigenvalue weighted by atomic mass is 16.5. The molecule has 0 saturated carbocycles. The number of fused-ring (bicyclic) bond motifs is 1. The van der Waals surface area contributed by atoms with Gasteiger partial charge in [-0.2, -0.15) is 0 Å². The van der Waals surface area contributed by atoms with Gasteiger partial charge in [0.25, 0.3) is 0 Å². The van der Waals surface area contributed by atoms with Gasteiger partial charge in [0.1, 0.15) is 5.52 Å². The van der Waals surface area contributed by atoms with Crippen molar-refractivity contribution in [1.29, 1.82) is 0 Å². The van der Waals surface area contributed by atoms with Crippen LogP contribution in [0, 0.1) is 0 Å². The van der Waals surface area contributed by atoms with Crippen molar-refractivity contribution >= 4 is 17.1 Å². The first kappa shape index (κ1) is 15.2. The molecule has 0 saturated heterocycles. The van der Waals surface area contributed by atoms with Crippen molar-refractivity contribution < 1.29 is 13.9 Å². The second kappa shape index (κ2) is 6.22. The molecule has 0 spiro atoms. The van der Waals surface area contributed by atoms with Crippen molar-refractivity contribution in [2.45, 2.75) is 6.54 Å². The third-order valence-electron chi connectivity index (χ3n) is 3.52. The maximum Gasteiger partial charge on any atom is 0.340 e. The minimum absolute atomic E-state index is 0.407. The van der Waals surface area contributed by atoms with E-state index in [2.05, 4.69) is 9.88 Å². The average molecular weight is 310 g/mol. The van der Waals surface area contributed by atoms with Crippen LogP contribution in [-0.2, 0) is 11.3 Å². The standard InChI is InChI=1S/C18H18N2O3/c1-20(2)11-12-7-9-13(10-8-12)17-19-16-14(18(21)22-3)5-4-6-15(16)23-17/h4-10H,11H2,1-3H3. The molecule has 0 amide bonds. The number of carbonyl (C=O) groups is 1. The molecule has 2 aromatic carbocycles. The Morgan fingerprint density at radius 3 is 2.57 bits per heavy atom. The zero-order chi connectivity index (χ0) is 16.4. The van der Waals surface area contributed by atoms with Gasteiger partial charge < -0.3 is 14.1 Å². The lowest BCUT2D eigenvalue weighted by atomic mass is 10.1. The fourth-order valence-corrected chi connectivity index (χ4v) is 2.46. The highest BCUT2D eigenvalue weighted by Gasteiger charge is 2.16. The van der Waals surface area contributed by atoms with Crippen molar-refractivity contribution in [3.8, 4) is 11.5 Å². The Morgan fingerprint density at radius 2 is 1.91 bits per heavy atom. The number of hydrogen-bond acceptors (Lipinski definition) is 5. The average Bonchev–Trinajstić information content (AvgIpc) is 2.98. The number of benzene rings is 2. The van der Waals surface area contributed by atoms with E-state index in [1.165, 1.54) is 12.7 Å². The summed E-state index contributed by atoms with van der Waals surface area (Å²) in [4.78, 5) is 18.4. The minimum atomic E-state index is -0.420. The fraction of sp³-hybridized carbons (Fsp3) is 0.222. The quantitative estimate of drug-likeness (QED) is 0.692. The Labute approximate surface area is 134 Å². The summed E-state index contributed by atoms with van der Waals surface area (Å²) in [5.74, 6) is 0.0736. The number of oxazole rings is 1. The van der Waals surface area contributed by atoms with E-state index < -0.39 is 5.97 Å². The molecule has 0 fully saturated rings. The summed E-state index contributed by atoms with van der Waals surface area (Å²) in [6, 6.07) is 13.3. The number of para-hydroxylation sites is 1. The molecule has 0 unspecified atom stereocenters. The molecule has 0 N–H and O–H groups in total. The van der Waals surface area contributed by atoms with Crippen molar-refractivity contribution in [1.82, 2.24) is 9.88 Å². The van der Waals surface area contributed by atoms with Crippen LogP contribution in [0.15, 0.2) is 46.9 Å². The molecule has 0 aliphatic carbocycles. The summed E-state index contributed by atoms with van der Waals surface area (Å²) >= 11 is 0. The first-order chi connectivity index (χ1) is 11.1. The zero-order valence-electron chi connectivity index (χ0n) is 13.4. The maximum atomic E-state index is 11.8. The van der Waals surface area contributed by atoms with E-state index in [0.717, 1.165) is 12.1 Å². The molecule has 0 aliphatic rings. The van der Waals surface area contributed by atoms with E-state index in [4.69, 9.17) is 9.15 Å². The van der Waals surface area contributed by atoms with Crippen LogP contribution >= 0.6 is 0 Å². The predicted molar refractivity (Wildman–Crippen MR) is 88.2 cm³/mol. The van der Waals surface area contributed by atoms with Gasteiger partial charge in [-0.15, -0.1) is 0 Å². The molecule has 3 aromatic rings. The highest BCUT2D eigenvalue weighted by molar-refractivity contribution is 6.01. The molecule has 5 nitrogen and oxygen atoms in total. The SMILES string of the molecule is COC(=O)c1cccc2oc(-c3ccc(CN(C)C)cc3)nc12. The van der Waals surface area contributed by atoms with Gasteiger partial charge in [-0.3, -0.25) is 0 Å². The highest BCUT2D eigenvalue weighted by Crippen LogP contribution is 2.27. The smallest absolute Gasteiger partial charge is 0.340 e. The first-order valence-corrected chi connectivity index (χ1v) is 7.30. The van der Waals surface area contributed by atoms with Crippen LogP contribution in [0.5, 0.6) is 0 Å². The molecular weight excluding hydrogens is 292 g/mol. The van der Waals surface area contributed by atoms with Gasteiger partial charge in [-0.25, -0.2) is 9.78 Å². The second-order valence-electron chi connectivity index (χ2n) is 5.60. The summed E-state index contributed by atoms with van der Waals surface area (Å²) in [7, 11) is 5.41. The number of methoxy groups -OCH3 is 1. The summed E-state index contributed by atoms with van der Waals surface area (Å²) in [6.07, 6.45) is 0. The summed E-state index contributed by atoms with van der Waals surface area (Å²) < 4.78 is 10.6. The summed E-state index contributed by atoms with van der Waals surface area (Å²) in [6.45, 7) is 0.875. The minimum Gasteiger partial charge on any atom is -0.465 e. The van der Waals surface area contributed by atoms with E-state index in [0.29, 0.717) is 22.6 Å². The molecule has 5 heteroatoms. The predicted octanol–water partition coefficient (Wildman–Crippen LogP) is 3.34. The van der Waals surface area contributed by atoms with Crippen LogP contribution in [0.25, 0.3) is 22.6 Å². The number of carbonyl (C=O) groups excluding carboxylic acids is 1. The van der Waals surface area contributed by atoms with E-state index in [1.54, 1.807) is 18.2 Å². The van der Waals surface area contributed by atoms with Crippen LogP contribution < -0.4 is 0 Å².